The molecular weight excluding hydrogens is 163 g/mol. The molecule has 1 nitrogen and oxygen atoms in total. The number of alkyl halides is 1. The van der Waals surface area contributed by atoms with Gasteiger partial charge in [0.2, 0.25) is 0 Å². The van der Waals surface area contributed by atoms with Gasteiger partial charge in [-0.2, -0.15) is 0 Å². The number of thioether (sulfide) groups is 1. The van der Waals surface area contributed by atoms with E-state index in [1.807, 2.05) is 6.92 Å². The molecule has 1 aliphatic rings. The fourth-order valence-electron chi connectivity index (χ4n) is 1.48. The monoisotopic (exact) mass is 178 g/mol. The minimum absolute atomic E-state index is 0.148. The van der Waals surface area contributed by atoms with Gasteiger partial charge in [0.15, 0.2) is 0 Å². The van der Waals surface area contributed by atoms with Crippen molar-refractivity contribution in [3.63, 3.8) is 0 Å². The molecule has 1 saturated heterocycles. The fraction of sp³-hybridized carbons (Fsp3) is 1.00. The van der Waals surface area contributed by atoms with Crippen molar-refractivity contribution < 1.29 is 9.13 Å². The first-order chi connectivity index (χ1) is 5.20. The van der Waals surface area contributed by atoms with E-state index in [9.17, 15) is 4.39 Å². The van der Waals surface area contributed by atoms with Crippen LogP contribution < -0.4 is 0 Å². The fourth-order valence-corrected chi connectivity index (χ4v) is 2.92. The number of hydrogen-bond acceptors (Lipinski definition) is 2. The van der Waals surface area contributed by atoms with E-state index < -0.39 is 6.17 Å². The molecule has 66 valence electrons. The first-order valence-corrected chi connectivity index (χ1v) is 4.97. The molecule has 0 N–H and O–H groups in total. The molecule has 11 heavy (non-hydrogen) atoms. The predicted octanol–water partition coefficient (Wildman–Crippen LogP) is 2.46. The molecule has 1 fully saturated rings. The summed E-state index contributed by atoms with van der Waals surface area (Å²) in [5.41, 5.74) is -0.227. The topological polar surface area (TPSA) is 9.23 Å². The Morgan fingerprint density at radius 2 is 2.18 bits per heavy atom. The standard InChI is InChI=1S/C8H15FOS/c1-4-6-5(2)7(9)8(10-3)11-6/h5-8H,4H2,1-3H3/t5-,6-,7+,8+/m1/s1. The average Bonchev–Trinajstić information content (AvgIpc) is 2.30. The first kappa shape index (κ1) is 9.33. The second kappa shape index (κ2) is 3.76. The van der Waals surface area contributed by atoms with Crippen LogP contribution in [0, 0.1) is 5.92 Å². The van der Waals surface area contributed by atoms with Crippen LogP contribution in [0.5, 0.6) is 0 Å². The van der Waals surface area contributed by atoms with Gasteiger partial charge in [0.1, 0.15) is 11.6 Å². The predicted molar refractivity (Wildman–Crippen MR) is 46.5 cm³/mol. The molecule has 0 bridgehead atoms. The zero-order chi connectivity index (χ0) is 8.43. The lowest BCUT2D eigenvalue weighted by Crippen LogP contribution is -2.21. The highest BCUT2D eigenvalue weighted by Crippen LogP contribution is 2.41. The van der Waals surface area contributed by atoms with Gasteiger partial charge < -0.3 is 4.74 Å². The normalized spacial score (nSPS) is 44.7. The number of halogens is 1. The van der Waals surface area contributed by atoms with Gasteiger partial charge in [0.05, 0.1) is 0 Å². The molecular formula is C8H15FOS. The highest BCUT2D eigenvalue weighted by atomic mass is 32.2. The van der Waals surface area contributed by atoms with Crippen LogP contribution >= 0.6 is 11.8 Å². The number of ether oxygens (including phenoxy) is 1. The molecule has 3 heteroatoms. The van der Waals surface area contributed by atoms with Crippen molar-refractivity contribution in [3.8, 4) is 0 Å². The number of hydrogen-bond donors (Lipinski definition) is 0. The second-order valence-electron chi connectivity index (χ2n) is 2.99. The Hall–Kier alpha value is 0.240. The molecule has 0 amide bonds. The highest BCUT2D eigenvalue weighted by Gasteiger charge is 2.40. The van der Waals surface area contributed by atoms with Gasteiger partial charge in [-0.25, -0.2) is 4.39 Å². The van der Waals surface area contributed by atoms with Crippen LogP contribution in [0.3, 0.4) is 0 Å². The lowest BCUT2D eigenvalue weighted by atomic mass is 10.0. The highest BCUT2D eigenvalue weighted by molar-refractivity contribution is 8.00. The van der Waals surface area contributed by atoms with E-state index in [2.05, 4.69) is 6.92 Å². The van der Waals surface area contributed by atoms with E-state index in [4.69, 9.17) is 4.74 Å². The zero-order valence-electron chi connectivity index (χ0n) is 7.21. The van der Waals surface area contributed by atoms with E-state index in [1.54, 1.807) is 18.9 Å². The Balaban J connectivity index is 2.53. The van der Waals surface area contributed by atoms with E-state index in [0.717, 1.165) is 6.42 Å². The summed E-state index contributed by atoms with van der Waals surface area (Å²) >= 11 is 1.63. The minimum Gasteiger partial charge on any atom is -0.368 e. The van der Waals surface area contributed by atoms with Gasteiger partial charge in [-0.15, -0.1) is 11.8 Å². The summed E-state index contributed by atoms with van der Waals surface area (Å²) in [5.74, 6) is 0.148. The maximum Gasteiger partial charge on any atom is 0.139 e. The summed E-state index contributed by atoms with van der Waals surface area (Å²) in [7, 11) is 1.58. The second-order valence-corrected chi connectivity index (χ2v) is 4.33. The van der Waals surface area contributed by atoms with Crippen LogP contribution in [-0.2, 0) is 4.74 Å². The molecule has 0 aliphatic carbocycles. The van der Waals surface area contributed by atoms with Gasteiger partial charge in [-0.1, -0.05) is 13.8 Å². The molecule has 0 aromatic carbocycles. The van der Waals surface area contributed by atoms with E-state index in [-0.39, 0.29) is 11.4 Å². The Labute approximate surface area is 71.7 Å². The lowest BCUT2D eigenvalue weighted by molar-refractivity contribution is 0.0803. The summed E-state index contributed by atoms with van der Waals surface area (Å²) in [4.78, 5) is 0. The molecule has 0 radical (unpaired) electrons. The summed E-state index contributed by atoms with van der Waals surface area (Å²) in [5, 5.41) is 0.440. The summed E-state index contributed by atoms with van der Waals surface area (Å²) < 4.78 is 18.3. The molecule has 0 spiro atoms. The molecule has 0 aromatic rings. The summed E-state index contributed by atoms with van der Waals surface area (Å²) in [6.07, 6.45) is 0.251. The molecule has 0 saturated carbocycles. The molecule has 0 unspecified atom stereocenters. The quantitative estimate of drug-likeness (QED) is 0.642. The molecule has 0 aromatic heterocycles. The van der Waals surface area contributed by atoms with Gasteiger partial charge in [-0.3, -0.25) is 0 Å². The largest absolute Gasteiger partial charge is 0.368 e. The molecule has 1 rings (SSSR count). The van der Waals surface area contributed by atoms with Crippen LogP contribution in [0.15, 0.2) is 0 Å². The first-order valence-electron chi connectivity index (χ1n) is 4.03. The third kappa shape index (κ3) is 1.70. The van der Waals surface area contributed by atoms with Crippen LogP contribution in [0.4, 0.5) is 4.39 Å². The maximum atomic E-state index is 13.3. The van der Waals surface area contributed by atoms with Gasteiger partial charge in [0, 0.05) is 18.3 Å². The van der Waals surface area contributed by atoms with Gasteiger partial charge in [-0.05, 0) is 6.42 Å². The lowest BCUT2D eigenvalue weighted by Gasteiger charge is -2.11. The molecule has 4 atom stereocenters. The van der Waals surface area contributed by atoms with Gasteiger partial charge >= 0.3 is 0 Å². The van der Waals surface area contributed by atoms with E-state index >= 15 is 0 Å². The minimum atomic E-state index is -0.782. The summed E-state index contributed by atoms with van der Waals surface area (Å²) in [6, 6.07) is 0. The third-order valence-electron chi connectivity index (χ3n) is 2.29. The summed E-state index contributed by atoms with van der Waals surface area (Å²) in [6.45, 7) is 4.06. The van der Waals surface area contributed by atoms with Crippen molar-refractivity contribution in [3.05, 3.63) is 0 Å². The van der Waals surface area contributed by atoms with Crippen molar-refractivity contribution in [1.82, 2.24) is 0 Å². The Morgan fingerprint density at radius 3 is 2.45 bits per heavy atom. The van der Waals surface area contributed by atoms with Crippen molar-refractivity contribution in [1.29, 1.82) is 0 Å². The maximum absolute atomic E-state index is 13.3. The van der Waals surface area contributed by atoms with Crippen molar-refractivity contribution >= 4 is 11.8 Å². The Kier molecular flexibility index (Phi) is 3.19. The zero-order valence-corrected chi connectivity index (χ0v) is 8.03. The smallest absolute Gasteiger partial charge is 0.139 e. The van der Waals surface area contributed by atoms with Crippen LogP contribution in [0.2, 0.25) is 0 Å². The SMILES string of the molecule is CC[C@H]1S[C@H](OC)[C@@H](F)[C@@H]1C. The Morgan fingerprint density at radius 1 is 1.55 bits per heavy atom. The average molecular weight is 178 g/mol. The van der Waals surface area contributed by atoms with Crippen LogP contribution in [0.1, 0.15) is 20.3 Å². The van der Waals surface area contributed by atoms with Crippen LogP contribution in [0.25, 0.3) is 0 Å². The van der Waals surface area contributed by atoms with Crippen molar-refractivity contribution in [2.45, 2.75) is 37.1 Å². The molecule has 1 aliphatic heterocycles. The Bertz CT molecular complexity index is 113. The number of methoxy groups -OCH3 is 1. The van der Waals surface area contributed by atoms with Gasteiger partial charge in [0.25, 0.3) is 0 Å². The number of rotatable bonds is 2. The van der Waals surface area contributed by atoms with E-state index in [0.29, 0.717) is 5.25 Å². The van der Waals surface area contributed by atoms with Crippen molar-refractivity contribution in [2.24, 2.45) is 5.92 Å². The third-order valence-corrected chi connectivity index (χ3v) is 4.13. The molecule has 1 heterocycles. The van der Waals surface area contributed by atoms with Crippen molar-refractivity contribution in [2.75, 3.05) is 7.11 Å². The van der Waals surface area contributed by atoms with Crippen LogP contribution in [-0.4, -0.2) is 24.0 Å². The van der Waals surface area contributed by atoms with E-state index in [1.165, 1.54) is 0 Å².